The van der Waals surface area contributed by atoms with Gasteiger partial charge in [0.2, 0.25) is 11.1 Å². The maximum atomic E-state index is 13.8. The Kier molecular flexibility index (Phi) is 6.68. The van der Waals surface area contributed by atoms with Crippen LogP contribution in [-0.4, -0.2) is 53.5 Å². The van der Waals surface area contributed by atoms with Gasteiger partial charge in [-0.25, -0.2) is 19.4 Å². The second-order valence-corrected chi connectivity index (χ2v) is 13.8. The summed E-state index contributed by atoms with van der Waals surface area (Å²) >= 11 is 0.955. The van der Waals surface area contributed by atoms with Crippen molar-refractivity contribution in [3.63, 3.8) is 0 Å². The minimum Gasteiger partial charge on any atom is -0.451 e. The van der Waals surface area contributed by atoms with Gasteiger partial charge in [-0.15, -0.1) is 0 Å². The van der Waals surface area contributed by atoms with Crippen molar-refractivity contribution >= 4 is 28.9 Å². The summed E-state index contributed by atoms with van der Waals surface area (Å²) in [5, 5.41) is 16.4. The molecule has 226 valence electrons. The lowest BCUT2D eigenvalue weighted by molar-refractivity contribution is -0.174. The van der Waals surface area contributed by atoms with Crippen LogP contribution in [0.25, 0.3) is 11.8 Å². The summed E-state index contributed by atoms with van der Waals surface area (Å²) in [7, 11) is 0. The molecule has 3 heterocycles. The lowest BCUT2D eigenvalue weighted by Gasteiger charge is -2.60. The number of esters is 1. The molecule has 0 radical (unpaired) electrons. The van der Waals surface area contributed by atoms with E-state index < -0.39 is 29.0 Å². The van der Waals surface area contributed by atoms with Crippen molar-refractivity contribution in [2.75, 3.05) is 5.88 Å². The van der Waals surface area contributed by atoms with Gasteiger partial charge in [0.05, 0.1) is 29.9 Å². The van der Waals surface area contributed by atoms with Crippen LogP contribution in [0.5, 0.6) is 0 Å². The van der Waals surface area contributed by atoms with Crippen molar-refractivity contribution in [3.05, 3.63) is 65.7 Å². The first-order chi connectivity index (χ1) is 20.6. The van der Waals surface area contributed by atoms with Gasteiger partial charge in [-0.1, -0.05) is 31.2 Å². The number of pyridine rings is 1. The number of hydrogen-bond donors (Lipinski definition) is 2. The van der Waals surface area contributed by atoms with Crippen LogP contribution in [0, 0.1) is 34.5 Å². The number of ether oxygens (including phenoxy) is 1. The Bertz CT molecular complexity index is 1610. The van der Waals surface area contributed by atoms with Gasteiger partial charge < -0.3 is 20.0 Å². The van der Waals surface area contributed by atoms with Crippen molar-refractivity contribution in [2.24, 2.45) is 34.3 Å². The first-order valence-corrected chi connectivity index (χ1v) is 15.7. The van der Waals surface area contributed by atoms with Crippen molar-refractivity contribution in [3.8, 4) is 5.69 Å². The molecular formula is C31H34FN5O5S. The molecule has 0 bridgehead atoms. The zero-order chi connectivity index (χ0) is 30.1. The summed E-state index contributed by atoms with van der Waals surface area (Å²) in [6.07, 6.45) is 10.9. The molecule has 4 aliphatic carbocycles. The second kappa shape index (κ2) is 10.1. The molecule has 4 aliphatic rings. The van der Waals surface area contributed by atoms with Gasteiger partial charge in [0.25, 0.3) is 0 Å². The van der Waals surface area contributed by atoms with Gasteiger partial charge in [0.1, 0.15) is 6.26 Å². The number of aliphatic hydroxyl groups is 1. The highest BCUT2D eigenvalue weighted by molar-refractivity contribution is 8.13. The summed E-state index contributed by atoms with van der Waals surface area (Å²) < 4.78 is 26.4. The maximum absolute atomic E-state index is 13.8. The number of oxazole rings is 1. The van der Waals surface area contributed by atoms with E-state index in [0.29, 0.717) is 31.4 Å². The Morgan fingerprint density at radius 3 is 2.81 bits per heavy atom. The molecule has 0 spiro atoms. The summed E-state index contributed by atoms with van der Waals surface area (Å²) in [6.45, 7) is 4.24. The van der Waals surface area contributed by atoms with Crippen LogP contribution in [0.15, 0.2) is 47.2 Å². The lowest BCUT2D eigenvalue weighted by Crippen LogP contribution is -2.62. The molecule has 3 aromatic heterocycles. The second-order valence-electron chi connectivity index (χ2n) is 12.8. The number of aliphatic hydroxyl groups excluding tert-OH is 1. The molecule has 10 nitrogen and oxygen atoms in total. The van der Waals surface area contributed by atoms with Crippen LogP contribution in [0.2, 0.25) is 0 Å². The first kappa shape index (κ1) is 28.4. The molecule has 3 saturated carbocycles. The quantitative estimate of drug-likeness (QED) is 0.244. The molecule has 0 aromatic carbocycles. The molecule has 3 aromatic rings. The predicted molar refractivity (Wildman–Crippen MR) is 155 cm³/mol. The monoisotopic (exact) mass is 607 g/mol. The number of rotatable bonds is 5. The average Bonchev–Trinajstić information content (AvgIpc) is 3.71. The third-order valence-corrected chi connectivity index (χ3v) is 11.7. The topological polar surface area (TPSA) is 146 Å². The van der Waals surface area contributed by atoms with Gasteiger partial charge in [0, 0.05) is 11.3 Å². The Balaban J connectivity index is 1.23. The van der Waals surface area contributed by atoms with Crippen LogP contribution in [0.4, 0.5) is 4.39 Å². The molecule has 0 saturated heterocycles. The zero-order valence-electron chi connectivity index (χ0n) is 24.0. The van der Waals surface area contributed by atoms with E-state index in [0.717, 1.165) is 42.3 Å². The first-order valence-electron chi connectivity index (χ1n) is 14.7. The summed E-state index contributed by atoms with van der Waals surface area (Å²) in [4.78, 5) is 34.7. The number of halogens is 1. The Hall–Kier alpha value is -3.35. The zero-order valence-corrected chi connectivity index (χ0v) is 24.8. The Morgan fingerprint density at radius 1 is 1.26 bits per heavy atom. The predicted octanol–water partition coefficient (Wildman–Crippen LogP) is 4.32. The molecular weight excluding hydrogens is 573 g/mol. The largest absolute Gasteiger partial charge is 0.451 e. The van der Waals surface area contributed by atoms with Crippen molar-refractivity contribution in [1.29, 1.82) is 0 Å². The smallest absolute Gasteiger partial charge is 0.361 e. The van der Waals surface area contributed by atoms with Crippen LogP contribution in [-0.2, 0) is 16.0 Å². The number of thioether (sulfide) groups is 1. The normalized spacial score (nSPS) is 34.4. The van der Waals surface area contributed by atoms with Crippen molar-refractivity contribution in [2.45, 2.75) is 64.1 Å². The van der Waals surface area contributed by atoms with Gasteiger partial charge in [0.15, 0.2) is 17.7 Å². The fourth-order valence-corrected chi connectivity index (χ4v) is 9.89. The fourth-order valence-electron chi connectivity index (χ4n) is 9.13. The minimum absolute atomic E-state index is 0.00105. The molecule has 2 unspecified atom stereocenters. The molecule has 7 rings (SSSR count). The van der Waals surface area contributed by atoms with E-state index in [1.165, 1.54) is 24.1 Å². The van der Waals surface area contributed by atoms with E-state index >= 15 is 0 Å². The van der Waals surface area contributed by atoms with Crippen LogP contribution in [0.1, 0.15) is 67.7 Å². The van der Waals surface area contributed by atoms with E-state index in [2.05, 4.69) is 28.1 Å². The molecule has 12 heteroatoms. The summed E-state index contributed by atoms with van der Waals surface area (Å²) in [5.74, 6) is -1.06. The molecule has 0 aliphatic heterocycles. The number of carbonyl (C=O) groups is 2. The van der Waals surface area contributed by atoms with E-state index in [9.17, 15) is 19.1 Å². The molecule has 7 atom stereocenters. The van der Waals surface area contributed by atoms with Crippen LogP contribution >= 0.6 is 11.8 Å². The number of allylic oxidation sites excluding steroid dienone is 1. The SMILES string of the molecule is C[C@]12Cc3cnn(-c4ccc(F)nc4)c3C=C1CC[C@@H]1C2[C@@H](O)C[C@@]2(C)C1CC[C@]2(OC(=O)c1cocn1)C(=O)SCN. The lowest BCUT2D eigenvalue weighted by atomic mass is 9.45. The number of aromatic nitrogens is 4. The third kappa shape index (κ3) is 4.09. The average molecular weight is 608 g/mol. The number of nitrogens with two attached hydrogens (primary N) is 1. The van der Waals surface area contributed by atoms with Gasteiger partial charge in [-0.05, 0) is 85.5 Å². The third-order valence-electron chi connectivity index (χ3n) is 11.0. The summed E-state index contributed by atoms with van der Waals surface area (Å²) in [5.41, 5.74) is 7.22. The van der Waals surface area contributed by atoms with E-state index in [1.807, 2.05) is 13.1 Å². The number of fused-ring (bicyclic) bond motifs is 6. The highest BCUT2D eigenvalue weighted by atomic mass is 32.2. The summed E-state index contributed by atoms with van der Waals surface area (Å²) in [6, 6.07) is 2.99. The van der Waals surface area contributed by atoms with E-state index in [1.54, 1.807) is 10.7 Å². The fraction of sp³-hybridized carbons (Fsp3) is 0.516. The van der Waals surface area contributed by atoms with Gasteiger partial charge in [-0.2, -0.15) is 9.49 Å². The van der Waals surface area contributed by atoms with E-state index in [4.69, 9.17) is 14.9 Å². The minimum atomic E-state index is -1.44. The Labute approximate surface area is 252 Å². The molecule has 0 amide bonds. The number of hydrogen-bond acceptors (Lipinski definition) is 10. The number of carbonyl (C=O) groups excluding carboxylic acids is 2. The molecule has 43 heavy (non-hydrogen) atoms. The maximum Gasteiger partial charge on any atom is 0.361 e. The van der Waals surface area contributed by atoms with Crippen LogP contribution < -0.4 is 5.73 Å². The highest BCUT2D eigenvalue weighted by Crippen LogP contribution is 2.69. The molecule has 3 fully saturated rings. The Morgan fingerprint density at radius 2 is 2.09 bits per heavy atom. The van der Waals surface area contributed by atoms with Crippen molar-refractivity contribution in [1.82, 2.24) is 19.7 Å². The standard InChI is InChI=1S/C31H34FN5O5S/c1-29-10-17-12-36-37(19-4-6-25(32)34-13-19)23(17)9-18(29)3-5-20-21-7-8-31(28(40)43-15-33,30(21,2)11-24(38)26(20)29)42-27(39)22-14-41-16-35-22/h4,6,9,12-14,16,20-21,24,26,38H,3,5,7-8,10-11,15,33H2,1-2H3/t20-,21?,24-,26?,29-,30-,31-/m0/s1. The van der Waals surface area contributed by atoms with Crippen molar-refractivity contribution < 1.29 is 28.2 Å². The van der Waals surface area contributed by atoms with Crippen LogP contribution in [0.3, 0.4) is 0 Å². The number of nitrogens with zero attached hydrogens (tertiary/aromatic N) is 4. The highest BCUT2D eigenvalue weighted by Gasteiger charge is 2.70. The van der Waals surface area contributed by atoms with Gasteiger partial charge >= 0.3 is 5.97 Å². The van der Waals surface area contributed by atoms with Gasteiger partial charge in [-0.3, -0.25) is 4.79 Å². The molecule has 3 N–H and O–H groups in total. The van der Waals surface area contributed by atoms with E-state index in [-0.39, 0.29) is 39.9 Å².